The van der Waals surface area contributed by atoms with Gasteiger partial charge in [-0.2, -0.15) is 0 Å². The van der Waals surface area contributed by atoms with Crippen LogP contribution in [0.4, 0.5) is 0 Å². The summed E-state index contributed by atoms with van der Waals surface area (Å²) in [7, 11) is 0. The molecule has 88 valence electrons. The third-order valence-electron chi connectivity index (χ3n) is 2.47. The second-order valence-electron chi connectivity index (χ2n) is 3.92. The number of hydrogen-bond acceptors (Lipinski definition) is 3. The number of nitrogens with two attached hydrogens (primary N) is 1. The molecule has 3 nitrogen and oxygen atoms in total. The van der Waals surface area contributed by atoms with Crippen LogP contribution in [0.15, 0.2) is 48.5 Å². The Morgan fingerprint density at radius 3 is 2.41 bits per heavy atom. The highest BCUT2D eigenvalue weighted by Gasteiger charge is 2.08. The summed E-state index contributed by atoms with van der Waals surface area (Å²) in [5, 5.41) is 9.64. The van der Waals surface area contributed by atoms with E-state index >= 15 is 0 Å². The Kier molecular flexibility index (Phi) is 3.30. The summed E-state index contributed by atoms with van der Waals surface area (Å²) in [4.78, 5) is 0. The molecule has 0 saturated heterocycles. The van der Waals surface area contributed by atoms with Crippen molar-refractivity contribution < 1.29 is 9.84 Å². The maximum absolute atomic E-state index is 9.64. The lowest BCUT2D eigenvalue weighted by Gasteiger charge is -2.11. The molecule has 17 heavy (non-hydrogen) atoms. The number of para-hydroxylation sites is 1. The number of ether oxygens (including phenoxy) is 1. The molecular formula is C14H15NO2. The number of hydrogen-bond donors (Lipinski definition) is 2. The van der Waals surface area contributed by atoms with Gasteiger partial charge in [0.05, 0.1) is 0 Å². The average molecular weight is 229 g/mol. The minimum Gasteiger partial charge on any atom is -0.508 e. The zero-order valence-corrected chi connectivity index (χ0v) is 9.63. The molecule has 0 radical (unpaired) electrons. The van der Waals surface area contributed by atoms with E-state index in [4.69, 9.17) is 10.5 Å². The van der Waals surface area contributed by atoms with Crippen LogP contribution in [0.2, 0.25) is 0 Å². The third-order valence-corrected chi connectivity index (χ3v) is 2.47. The second kappa shape index (κ2) is 4.89. The number of rotatable bonds is 3. The zero-order valence-electron chi connectivity index (χ0n) is 9.63. The first-order valence-electron chi connectivity index (χ1n) is 5.48. The average Bonchev–Trinajstić information content (AvgIpc) is 2.32. The molecule has 3 N–H and O–H groups in total. The molecule has 3 heteroatoms. The van der Waals surface area contributed by atoms with E-state index in [9.17, 15) is 5.11 Å². The van der Waals surface area contributed by atoms with Crippen molar-refractivity contribution in [2.75, 3.05) is 0 Å². The van der Waals surface area contributed by atoms with Crippen LogP contribution in [0.25, 0.3) is 0 Å². The molecule has 1 atom stereocenters. The van der Waals surface area contributed by atoms with Gasteiger partial charge in [0.25, 0.3) is 0 Å². The van der Waals surface area contributed by atoms with E-state index in [2.05, 4.69) is 0 Å². The Morgan fingerprint density at radius 2 is 1.76 bits per heavy atom. The molecule has 0 aliphatic rings. The largest absolute Gasteiger partial charge is 0.508 e. The van der Waals surface area contributed by atoms with Gasteiger partial charge in [0, 0.05) is 11.6 Å². The Balaban J connectivity index is 2.26. The summed E-state index contributed by atoms with van der Waals surface area (Å²) in [5.41, 5.74) is 6.44. The number of benzene rings is 2. The minimum atomic E-state index is -0.227. The maximum Gasteiger partial charge on any atom is 0.128 e. The van der Waals surface area contributed by atoms with Gasteiger partial charge >= 0.3 is 0 Å². The SMILES string of the molecule is CC(N)c1cc(Oc2ccccc2)ccc1O. The van der Waals surface area contributed by atoms with Gasteiger partial charge in [-0.15, -0.1) is 0 Å². The first kappa shape index (κ1) is 11.5. The van der Waals surface area contributed by atoms with E-state index < -0.39 is 0 Å². The van der Waals surface area contributed by atoms with Crippen LogP contribution < -0.4 is 10.5 Å². The fraction of sp³-hybridized carbons (Fsp3) is 0.143. The lowest BCUT2D eigenvalue weighted by atomic mass is 10.1. The Labute approximate surface area is 100 Å². The number of aromatic hydroxyl groups is 1. The van der Waals surface area contributed by atoms with Crippen molar-refractivity contribution in [1.82, 2.24) is 0 Å². The highest BCUT2D eigenvalue weighted by Crippen LogP contribution is 2.29. The summed E-state index contributed by atoms with van der Waals surface area (Å²) >= 11 is 0. The maximum atomic E-state index is 9.64. The quantitative estimate of drug-likeness (QED) is 0.849. The van der Waals surface area contributed by atoms with E-state index in [0.29, 0.717) is 11.3 Å². The van der Waals surface area contributed by atoms with Gasteiger partial charge in [0.15, 0.2) is 0 Å². The normalized spacial score (nSPS) is 12.1. The molecule has 0 aromatic heterocycles. The van der Waals surface area contributed by atoms with Gasteiger partial charge < -0.3 is 15.6 Å². The highest BCUT2D eigenvalue weighted by molar-refractivity contribution is 5.42. The van der Waals surface area contributed by atoms with E-state index in [1.807, 2.05) is 37.3 Å². The molecule has 1 unspecified atom stereocenters. The standard InChI is InChI=1S/C14H15NO2/c1-10(15)13-9-12(7-8-14(13)16)17-11-5-3-2-4-6-11/h2-10,16H,15H2,1H3. The minimum absolute atomic E-state index is 0.195. The molecule has 2 aromatic rings. The molecule has 0 amide bonds. The zero-order chi connectivity index (χ0) is 12.3. The van der Waals surface area contributed by atoms with Gasteiger partial charge in [-0.1, -0.05) is 18.2 Å². The smallest absolute Gasteiger partial charge is 0.128 e. The van der Waals surface area contributed by atoms with Crippen LogP contribution >= 0.6 is 0 Å². The van der Waals surface area contributed by atoms with Crippen LogP contribution in [-0.4, -0.2) is 5.11 Å². The first-order chi connectivity index (χ1) is 8.16. The van der Waals surface area contributed by atoms with Crippen molar-refractivity contribution in [2.45, 2.75) is 13.0 Å². The van der Waals surface area contributed by atoms with Crippen LogP contribution in [0.1, 0.15) is 18.5 Å². The summed E-state index contributed by atoms with van der Waals surface area (Å²) < 4.78 is 5.66. The van der Waals surface area contributed by atoms with Gasteiger partial charge in [0.1, 0.15) is 17.2 Å². The topological polar surface area (TPSA) is 55.5 Å². The molecule has 0 heterocycles. The van der Waals surface area contributed by atoms with Crippen molar-refractivity contribution in [3.8, 4) is 17.2 Å². The highest BCUT2D eigenvalue weighted by atomic mass is 16.5. The van der Waals surface area contributed by atoms with Crippen molar-refractivity contribution in [3.63, 3.8) is 0 Å². The van der Waals surface area contributed by atoms with Crippen LogP contribution in [0, 0.1) is 0 Å². The van der Waals surface area contributed by atoms with Crippen molar-refractivity contribution in [3.05, 3.63) is 54.1 Å². The van der Waals surface area contributed by atoms with Crippen LogP contribution in [0.3, 0.4) is 0 Å². The Bertz CT molecular complexity index is 495. The van der Waals surface area contributed by atoms with Crippen LogP contribution in [-0.2, 0) is 0 Å². The van der Waals surface area contributed by atoms with Crippen molar-refractivity contribution in [2.24, 2.45) is 5.73 Å². The molecule has 2 aromatic carbocycles. The van der Waals surface area contributed by atoms with E-state index in [1.165, 1.54) is 0 Å². The van der Waals surface area contributed by atoms with Gasteiger partial charge in [-0.25, -0.2) is 0 Å². The van der Waals surface area contributed by atoms with E-state index in [0.717, 1.165) is 5.75 Å². The summed E-state index contributed by atoms with van der Waals surface area (Å²) in [6.45, 7) is 1.82. The number of phenolic OH excluding ortho intramolecular Hbond substituents is 1. The molecule has 0 aliphatic heterocycles. The van der Waals surface area contributed by atoms with Gasteiger partial charge in [0.2, 0.25) is 0 Å². The van der Waals surface area contributed by atoms with E-state index in [-0.39, 0.29) is 11.8 Å². The fourth-order valence-corrected chi connectivity index (χ4v) is 1.59. The summed E-state index contributed by atoms with van der Waals surface area (Å²) in [5.74, 6) is 1.62. The van der Waals surface area contributed by atoms with Gasteiger partial charge in [-0.05, 0) is 37.3 Å². The van der Waals surface area contributed by atoms with E-state index in [1.54, 1.807) is 18.2 Å². The predicted octanol–water partition coefficient (Wildman–Crippen LogP) is 3.20. The Morgan fingerprint density at radius 1 is 1.06 bits per heavy atom. The fourth-order valence-electron chi connectivity index (χ4n) is 1.59. The molecule has 2 rings (SSSR count). The lowest BCUT2D eigenvalue weighted by Crippen LogP contribution is -2.05. The van der Waals surface area contributed by atoms with Crippen molar-refractivity contribution >= 4 is 0 Å². The summed E-state index contributed by atoms with van der Waals surface area (Å²) in [6.07, 6.45) is 0. The summed E-state index contributed by atoms with van der Waals surface area (Å²) in [6, 6.07) is 14.3. The van der Waals surface area contributed by atoms with Crippen molar-refractivity contribution in [1.29, 1.82) is 0 Å². The monoisotopic (exact) mass is 229 g/mol. The van der Waals surface area contributed by atoms with Gasteiger partial charge in [-0.3, -0.25) is 0 Å². The third kappa shape index (κ3) is 2.77. The molecular weight excluding hydrogens is 214 g/mol. The first-order valence-corrected chi connectivity index (χ1v) is 5.48. The molecule has 0 spiro atoms. The second-order valence-corrected chi connectivity index (χ2v) is 3.92. The number of phenols is 1. The molecule has 0 saturated carbocycles. The molecule has 0 aliphatic carbocycles. The lowest BCUT2D eigenvalue weighted by molar-refractivity contribution is 0.453. The predicted molar refractivity (Wildman–Crippen MR) is 67.2 cm³/mol. The Hall–Kier alpha value is -2.00. The molecule has 0 bridgehead atoms. The molecule has 0 fully saturated rings. The van der Waals surface area contributed by atoms with Crippen LogP contribution in [0.5, 0.6) is 17.2 Å².